The predicted molar refractivity (Wildman–Crippen MR) is 62.7 cm³/mol. The largest absolute Gasteiger partial charge is 0.338 e. The van der Waals surface area contributed by atoms with Gasteiger partial charge in [-0.1, -0.05) is 17.3 Å². The number of aromatic nitrogens is 2. The van der Waals surface area contributed by atoms with Crippen molar-refractivity contribution in [3.8, 4) is 0 Å². The summed E-state index contributed by atoms with van der Waals surface area (Å²) >= 11 is 0. The first-order valence-corrected chi connectivity index (χ1v) is 6.38. The molecule has 4 rings (SSSR count). The summed E-state index contributed by atoms with van der Waals surface area (Å²) in [7, 11) is 0. The monoisotopic (exact) mass is 244 g/mol. The summed E-state index contributed by atoms with van der Waals surface area (Å²) in [5.74, 6) is 1.85. The summed E-state index contributed by atoms with van der Waals surface area (Å²) < 4.78 is 18.4. The van der Waals surface area contributed by atoms with Crippen molar-refractivity contribution < 1.29 is 8.91 Å². The molecule has 18 heavy (non-hydrogen) atoms. The van der Waals surface area contributed by atoms with Crippen molar-refractivity contribution in [1.82, 2.24) is 10.1 Å². The average molecular weight is 244 g/mol. The summed E-state index contributed by atoms with van der Waals surface area (Å²) in [5.41, 5.74) is 0.934. The van der Waals surface area contributed by atoms with Crippen LogP contribution < -0.4 is 0 Å². The van der Waals surface area contributed by atoms with Crippen LogP contribution >= 0.6 is 0 Å². The Hall–Kier alpha value is -1.71. The maximum absolute atomic E-state index is 13.0. The van der Waals surface area contributed by atoms with E-state index in [1.807, 2.05) is 12.1 Å². The molecule has 0 atom stereocenters. The standard InChI is InChI=1S/C14H13FN2O/c15-11-5-3-10(4-6-11)14(7-8-14)13-16-12(17-18-13)9-1-2-9/h3-6,9H,1-2,7-8H2. The van der Waals surface area contributed by atoms with Crippen LogP contribution in [0.4, 0.5) is 4.39 Å². The second-order valence-electron chi connectivity index (χ2n) is 5.32. The van der Waals surface area contributed by atoms with E-state index in [9.17, 15) is 4.39 Å². The molecule has 1 heterocycles. The molecule has 2 aliphatic carbocycles. The zero-order valence-corrected chi connectivity index (χ0v) is 9.90. The number of hydrogen-bond donors (Lipinski definition) is 0. The van der Waals surface area contributed by atoms with Gasteiger partial charge in [-0.2, -0.15) is 4.98 Å². The third-order valence-electron chi connectivity index (χ3n) is 3.94. The first kappa shape index (κ1) is 10.2. The van der Waals surface area contributed by atoms with Crippen LogP contribution in [0.15, 0.2) is 28.8 Å². The lowest BCUT2D eigenvalue weighted by atomic mass is 9.96. The van der Waals surface area contributed by atoms with Gasteiger partial charge in [-0.15, -0.1) is 0 Å². The molecule has 2 fully saturated rings. The normalized spacial score (nSPS) is 20.9. The van der Waals surface area contributed by atoms with Crippen LogP contribution in [0.2, 0.25) is 0 Å². The third kappa shape index (κ3) is 1.48. The van der Waals surface area contributed by atoms with Gasteiger partial charge >= 0.3 is 0 Å². The van der Waals surface area contributed by atoms with E-state index in [1.165, 1.54) is 25.0 Å². The first-order valence-electron chi connectivity index (χ1n) is 6.38. The van der Waals surface area contributed by atoms with E-state index in [1.54, 1.807) is 0 Å². The van der Waals surface area contributed by atoms with Crippen LogP contribution in [0.5, 0.6) is 0 Å². The second kappa shape index (κ2) is 3.40. The van der Waals surface area contributed by atoms with Gasteiger partial charge in [-0.05, 0) is 43.4 Å². The highest BCUT2D eigenvalue weighted by Gasteiger charge is 2.51. The summed E-state index contributed by atoms with van der Waals surface area (Å²) in [5, 5.41) is 4.07. The minimum Gasteiger partial charge on any atom is -0.338 e. The van der Waals surface area contributed by atoms with Crippen molar-refractivity contribution in [2.24, 2.45) is 0 Å². The molecular formula is C14H13FN2O. The topological polar surface area (TPSA) is 38.9 Å². The lowest BCUT2D eigenvalue weighted by Crippen LogP contribution is -2.09. The smallest absolute Gasteiger partial charge is 0.237 e. The van der Waals surface area contributed by atoms with Gasteiger partial charge in [0.1, 0.15) is 5.82 Å². The van der Waals surface area contributed by atoms with Crippen LogP contribution in [0.3, 0.4) is 0 Å². The Labute approximate surface area is 104 Å². The highest BCUT2D eigenvalue weighted by molar-refractivity contribution is 5.38. The molecule has 4 heteroatoms. The molecule has 3 nitrogen and oxygen atoms in total. The molecule has 0 radical (unpaired) electrons. The quantitative estimate of drug-likeness (QED) is 0.832. The van der Waals surface area contributed by atoms with Crippen molar-refractivity contribution in [2.45, 2.75) is 37.0 Å². The molecule has 2 aromatic rings. The molecule has 92 valence electrons. The van der Waals surface area contributed by atoms with Crippen molar-refractivity contribution in [1.29, 1.82) is 0 Å². The molecule has 1 aromatic carbocycles. The Kier molecular flexibility index (Phi) is 1.93. The SMILES string of the molecule is Fc1ccc(C2(c3nc(C4CC4)no3)CC2)cc1. The summed E-state index contributed by atoms with van der Waals surface area (Å²) in [6.45, 7) is 0. The van der Waals surface area contributed by atoms with Gasteiger partial charge in [0.25, 0.3) is 0 Å². The molecule has 0 saturated heterocycles. The van der Waals surface area contributed by atoms with Gasteiger partial charge in [0.05, 0.1) is 5.41 Å². The van der Waals surface area contributed by atoms with Gasteiger partial charge in [0.15, 0.2) is 5.82 Å². The predicted octanol–water partition coefficient (Wildman–Crippen LogP) is 3.17. The highest BCUT2D eigenvalue weighted by Crippen LogP contribution is 2.53. The van der Waals surface area contributed by atoms with Gasteiger partial charge in [-0.25, -0.2) is 4.39 Å². The van der Waals surface area contributed by atoms with Crippen LogP contribution in [0.25, 0.3) is 0 Å². The molecule has 0 spiro atoms. The maximum Gasteiger partial charge on any atom is 0.237 e. The number of nitrogens with zero attached hydrogens (tertiary/aromatic N) is 2. The number of rotatable bonds is 3. The van der Waals surface area contributed by atoms with Crippen LogP contribution in [-0.4, -0.2) is 10.1 Å². The van der Waals surface area contributed by atoms with E-state index in [4.69, 9.17) is 4.52 Å². The zero-order chi connectivity index (χ0) is 12.2. The number of halogens is 1. The molecule has 1 aromatic heterocycles. The van der Waals surface area contributed by atoms with E-state index in [0.29, 0.717) is 11.8 Å². The zero-order valence-electron chi connectivity index (χ0n) is 9.90. The third-order valence-corrected chi connectivity index (χ3v) is 3.94. The average Bonchev–Trinajstić information content (AvgIpc) is 3.31. The summed E-state index contributed by atoms with van der Waals surface area (Å²) in [6.07, 6.45) is 4.35. The fourth-order valence-corrected chi connectivity index (χ4v) is 2.46. The van der Waals surface area contributed by atoms with Crippen LogP contribution in [0.1, 0.15) is 48.9 Å². The van der Waals surface area contributed by atoms with Gasteiger partial charge in [0.2, 0.25) is 5.89 Å². The molecule has 0 amide bonds. The second-order valence-corrected chi connectivity index (χ2v) is 5.32. The van der Waals surface area contributed by atoms with Crippen LogP contribution in [-0.2, 0) is 5.41 Å². The van der Waals surface area contributed by atoms with E-state index in [0.717, 1.165) is 24.2 Å². The lowest BCUT2D eigenvalue weighted by molar-refractivity contribution is 0.355. The van der Waals surface area contributed by atoms with Crippen molar-refractivity contribution in [3.05, 3.63) is 47.4 Å². The molecule has 2 saturated carbocycles. The van der Waals surface area contributed by atoms with Gasteiger partial charge < -0.3 is 4.52 Å². The van der Waals surface area contributed by atoms with Crippen molar-refractivity contribution >= 4 is 0 Å². The van der Waals surface area contributed by atoms with E-state index >= 15 is 0 Å². The molecule has 0 aliphatic heterocycles. The van der Waals surface area contributed by atoms with Gasteiger partial charge in [0, 0.05) is 5.92 Å². The van der Waals surface area contributed by atoms with Crippen molar-refractivity contribution in [3.63, 3.8) is 0 Å². The summed E-state index contributed by atoms with van der Waals surface area (Å²) in [4.78, 5) is 4.53. The highest BCUT2D eigenvalue weighted by atomic mass is 19.1. The number of benzene rings is 1. The molecule has 0 unspecified atom stereocenters. The molecule has 0 bridgehead atoms. The Morgan fingerprint density at radius 1 is 1.17 bits per heavy atom. The van der Waals surface area contributed by atoms with E-state index in [-0.39, 0.29) is 11.2 Å². The van der Waals surface area contributed by atoms with E-state index < -0.39 is 0 Å². The Morgan fingerprint density at radius 2 is 1.89 bits per heavy atom. The lowest BCUT2D eigenvalue weighted by Gasteiger charge is -2.09. The van der Waals surface area contributed by atoms with E-state index in [2.05, 4.69) is 10.1 Å². The fraction of sp³-hybridized carbons (Fsp3) is 0.429. The first-order chi connectivity index (χ1) is 8.78. The molecule has 2 aliphatic rings. The Bertz CT molecular complexity index is 582. The van der Waals surface area contributed by atoms with Crippen molar-refractivity contribution in [2.75, 3.05) is 0 Å². The Balaban J connectivity index is 1.71. The minimum atomic E-state index is -0.209. The van der Waals surface area contributed by atoms with Gasteiger partial charge in [-0.3, -0.25) is 0 Å². The number of hydrogen-bond acceptors (Lipinski definition) is 3. The Morgan fingerprint density at radius 3 is 2.50 bits per heavy atom. The fourth-order valence-electron chi connectivity index (χ4n) is 2.46. The maximum atomic E-state index is 13.0. The van der Waals surface area contributed by atoms with Crippen LogP contribution in [0, 0.1) is 5.82 Å². The molecular weight excluding hydrogens is 231 g/mol. The molecule has 0 N–H and O–H groups in total. The summed E-state index contributed by atoms with van der Waals surface area (Å²) in [6, 6.07) is 6.63. The minimum absolute atomic E-state index is 0.145.